The lowest BCUT2D eigenvalue weighted by Gasteiger charge is -2.09. The quantitative estimate of drug-likeness (QED) is 0.287. The first-order chi connectivity index (χ1) is 16.9. The third-order valence-corrected chi connectivity index (χ3v) is 6.02. The van der Waals surface area contributed by atoms with Crippen molar-refractivity contribution >= 4 is 22.8 Å². The van der Waals surface area contributed by atoms with E-state index in [1.54, 1.807) is 16.7 Å². The highest BCUT2D eigenvalue weighted by atomic mass is 16.5. The Morgan fingerprint density at radius 1 is 0.914 bits per heavy atom. The zero-order valence-electron chi connectivity index (χ0n) is 20.2. The monoisotopic (exact) mass is 469 g/mol. The molecule has 0 unspecified atom stereocenters. The van der Waals surface area contributed by atoms with Gasteiger partial charge < -0.3 is 9.84 Å². The van der Waals surface area contributed by atoms with E-state index in [1.165, 1.54) is 5.56 Å². The third kappa shape index (κ3) is 6.18. The number of para-hydroxylation sites is 1. The van der Waals surface area contributed by atoms with Gasteiger partial charge in [-0.3, -0.25) is 14.2 Å². The molecule has 1 heterocycles. The number of aryl methyl sites for hydroxylation is 1. The predicted molar refractivity (Wildman–Crippen MR) is 138 cm³/mol. The summed E-state index contributed by atoms with van der Waals surface area (Å²) >= 11 is 0. The fourth-order valence-electron chi connectivity index (χ4n) is 4.29. The highest BCUT2D eigenvalue weighted by molar-refractivity contribution is 6.03. The van der Waals surface area contributed by atoms with Crippen molar-refractivity contribution in [1.29, 1.82) is 0 Å². The van der Waals surface area contributed by atoms with Crippen LogP contribution in [0, 0.1) is 5.92 Å². The highest BCUT2D eigenvalue weighted by Crippen LogP contribution is 2.25. The Morgan fingerprint density at radius 3 is 2.29 bits per heavy atom. The van der Waals surface area contributed by atoms with Gasteiger partial charge in [-0.25, -0.2) is 0 Å². The number of carbonyl (C=O) groups excluding carboxylic acids is 1. The van der Waals surface area contributed by atoms with E-state index in [0.29, 0.717) is 36.7 Å². The molecular formula is C30H31NO4. The Kier molecular flexibility index (Phi) is 7.66. The molecule has 0 aliphatic heterocycles. The number of aliphatic carboxylic acids is 1. The molecule has 1 aromatic heterocycles. The summed E-state index contributed by atoms with van der Waals surface area (Å²) in [6.07, 6.45) is 4.15. The van der Waals surface area contributed by atoms with Crippen LogP contribution >= 0.6 is 0 Å². The van der Waals surface area contributed by atoms with E-state index in [4.69, 9.17) is 9.84 Å². The third-order valence-electron chi connectivity index (χ3n) is 6.02. The smallest absolute Gasteiger partial charge is 0.303 e. The number of carboxylic acid groups (broad SMARTS) is 1. The fraction of sp³-hybridized carbons (Fsp3) is 0.267. The topological polar surface area (TPSA) is 68.5 Å². The zero-order valence-corrected chi connectivity index (χ0v) is 20.2. The van der Waals surface area contributed by atoms with Gasteiger partial charge in [-0.1, -0.05) is 56.3 Å². The first kappa shape index (κ1) is 24.3. The second-order valence-corrected chi connectivity index (χ2v) is 9.32. The summed E-state index contributed by atoms with van der Waals surface area (Å²) in [6.45, 7) is 4.90. The number of hydrogen-bond acceptors (Lipinski definition) is 3. The first-order valence-corrected chi connectivity index (χ1v) is 12.1. The molecule has 0 saturated heterocycles. The van der Waals surface area contributed by atoms with Crippen LogP contribution in [0.2, 0.25) is 0 Å². The maximum Gasteiger partial charge on any atom is 0.303 e. The summed E-state index contributed by atoms with van der Waals surface area (Å²) in [5.41, 5.74) is 4.80. The number of carbonyl (C=O) groups is 2. The van der Waals surface area contributed by atoms with Crippen LogP contribution < -0.4 is 4.74 Å². The van der Waals surface area contributed by atoms with Crippen molar-refractivity contribution in [2.45, 2.75) is 46.1 Å². The number of nitrogens with zero attached hydrogens (tertiary/aromatic N) is 1. The summed E-state index contributed by atoms with van der Waals surface area (Å²) < 4.78 is 7.58. The summed E-state index contributed by atoms with van der Waals surface area (Å²) in [5, 5.41) is 9.92. The lowest BCUT2D eigenvalue weighted by molar-refractivity contribution is -0.137. The summed E-state index contributed by atoms with van der Waals surface area (Å²) in [4.78, 5) is 24.2. The second-order valence-electron chi connectivity index (χ2n) is 9.32. The Labute approximate surface area is 206 Å². The van der Waals surface area contributed by atoms with Gasteiger partial charge in [-0.05, 0) is 72.2 Å². The van der Waals surface area contributed by atoms with E-state index in [9.17, 15) is 9.59 Å². The van der Waals surface area contributed by atoms with E-state index in [2.05, 4.69) is 38.1 Å². The molecule has 4 aromatic rings. The molecule has 0 fully saturated rings. The summed E-state index contributed by atoms with van der Waals surface area (Å²) in [7, 11) is 0. The average Bonchev–Trinajstić information content (AvgIpc) is 3.22. The van der Waals surface area contributed by atoms with Gasteiger partial charge in [-0.2, -0.15) is 0 Å². The maximum atomic E-state index is 13.3. The van der Waals surface area contributed by atoms with Crippen molar-refractivity contribution in [3.05, 3.63) is 101 Å². The number of benzene rings is 3. The predicted octanol–water partition coefficient (Wildman–Crippen LogP) is 6.51. The van der Waals surface area contributed by atoms with Crippen molar-refractivity contribution in [2.24, 2.45) is 5.92 Å². The molecular weight excluding hydrogens is 438 g/mol. The Hall–Kier alpha value is -3.86. The standard InChI is InChI=1S/C30H31NO4/c1-21(2)18-22-10-12-23(13-11-22)20-35-26-16-14-24(15-17-26)30(34)31-19-25(6-5-9-29(32)33)27-7-3-4-8-28(27)31/h3-4,7-8,10-17,19,21H,5-6,9,18,20H2,1-2H3,(H,32,33). The number of hydrogen-bond donors (Lipinski definition) is 1. The highest BCUT2D eigenvalue weighted by Gasteiger charge is 2.15. The van der Waals surface area contributed by atoms with Gasteiger partial charge in [0.25, 0.3) is 5.91 Å². The van der Waals surface area contributed by atoms with Crippen LogP contribution in [0.25, 0.3) is 10.9 Å². The molecule has 35 heavy (non-hydrogen) atoms. The van der Waals surface area contributed by atoms with Crippen molar-refractivity contribution in [3.63, 3.8) is 0 Å². The minimum atomic E-state index is -0.810. The molecule has 1 N–H and O–H groups in total. The Morgan fingerprint density at radius 2 is 1.60 bits per heavy atom. The maximum absolute atomic E-state index is 13.3. The molecule has 0 saturated carbocycles. The van der Waals surface area contributed by atoms with Gasteiger partial charge in [0, 0.05) is 23.6 Å². The van der Waals surface area contributed by atoms with Gasteiger partial charge in [-0.15, -0.1) is 0 Å². The number of fused-ring (bicyclic) bond motifs is 1. The van der Waals surface area contributed by atoms with E-state index in [0.717, 1.165) is 28.5 Å². The van der Waals surface area contributed by atoms with E-state index in [-0.39, 0.29) is 12.3 Å². The van der Waals surface area contributed by atoms with Crippen molar-refractivity contribution in [1.82, 2.24) is 4.57 Å². The molecule has 3 aromatic carbocycles. The lowest BCUT2D eigenvalue weighted by atomic mass is 10.0. The average molecular weight is 470 g/mol. The van der Waals surface area contributed by atoms with Crippen LogP contribution in [0.5, 0.6) is 5.75 Å². The summed E-state index contributed by atoms with van der Waals surface area (Å²) in [6, 6.07) is 23.4. The van der Waals surface area contributed by atoms with Crippen molar-refractivity contribution < 1.29 is 19.4 Å². The van der Waals surface area contributed by atoms with Crippen LogP contribution in [0.15, 0.2) is 79.0 Å². The summed E-state index contributed by atoms with van der Waals surface area (Å²) in [5.74, 6) is 0.402. The van der Waals surface area contributed by atoms with Gasteiger partial charge >= 0.3 is 5.97 Å². The molecule has 5 nitrogen and oxygen atoms in total. The number of aromatic nitrogens is 1. The molecule has 0 bridgehead atoms. The van der Waals surface area contributed by atoms with E-state index >= 15 is 0 Å². The van der Waals surface area contributed by atoms with Crippen LogP contribution in [0.3, 0.4) is 0 Å². The second kappa shape index (κ2) is 11.0. The minimum absolute atomic E-state index is 0.108. The Balaban J connectivity index is 1.44. The molecule has 180 valence electrons. The van der Waals surface area contributed by atoms with Crippen molar-refractivity contribution in [2.75, 3.05) is 0 Å². The molecule has 0 radical (unpaired) electrons. The van der Waals surface area contributed by atoms with Gasteiger partial charge in [0.15, 0.2) is 0 Å². The number of rotatable bonds is 10. The molecule has 0 amide bonds. The molecule has 0 aliphatic rings. The van der Waals surface area contributed by atoms with Gasteiger partial charge in [0.2, 0.25) is 0 Å². The van der Waals surface area contributed by atoms with E-state index in [1.807, 2.05) is 42.6 Å². The normalized spacial score (nSPS) is 11.2. The molecule has 0 aliphatic carbocycles. The van der Waals surface area contributed by atoms with Gasteiger partial charge in [0.1, 0.15) is 12.4 Å². The molecule has 5 heteroatoms. The largest absolute Gasteiger partial charge is 0.489 e. The van der Waals surface area contributed by atoms with E-state index < -0.39 is 5.97 Å². The van der Waals surface area contributed by atoms with Crippen molar-refractivity contribution in [3.8, 4) is 5.75 Å². The Bertz CT molecular complexity index is 1300. The lowest BCUT2D eigenvalue weighted by Crippen LogP contribution is -2.10. The number of ether oxygens (including phenoxy) is 1. The fourth-order valence-corrected chi connectivity index (χ4v) is 4.29. The van der Waals surface area contributed by atoms with Crippen LogP contribution in [-0.2, 0) is 24.2 Å². The van der Waals surface area contributed by atoms with Crippen LogP contribution in [0.1, 0.15) is 53.7 Å². The van der Waals surface area contributed by atoms with Crippen LogP contribution in [-0.4, -0.2) is 21.6 Å². The minimum Gasteiger partial charge on any atom is -0.489 e. The zero-order chi connectivity index (χ0) is 24.8. The molecule has 4 rings (SSSR count). The SMILES string of the molecule is CC(C)Cc1ccc(COc2ccc(C(=O)n3cc(CCCC(=O)O)c4ccccc43)cc2)cc1. The number of carboxylic acids is 1. The van der Waals surface area contributed by atoms with Gasteiger partial charge in [0.05, 0.1) is 5.52 Å². The van der Waals surface area contributed by atoms with Crippen LogP contribution in [0.4, 0.5) is 0 Å². The molecule has 0 spiro atoms. The molecule has 0 atom stereocenters. The first-order valence-electron chi connectivity index (χ1n) is 12.1.